The topological polar surface area (TPSA) is 64.4 Å². The summed E-state index contributed by atoms with van der Waals surface area (Å²) in [5.74, 6) is 0.720. The molecule has 3 atom stereocenters. The Labute approximate surface area is 125 Å². The minimum atomic E-state index is -0.361. The zero-order valence-electron chi connectivity index (χ0n) is 13.2. The van der Waals surface area contributed by atoms with Crippen LogP contribution in [0.15, 0.2) is 18.2 Å². The third kappa shape index (κ3) is 2.88. The molecule has 1 aliphatic rings. The van der Waals surface area contributed by atoms with Crippen molar-refractivity contribution < 1.29 is 9.66 Å². The number of benzene rings is 1. The Balaban J connectivity index is 2.09. The lowest BCUT2D eigenvalue weighted by atomic mass is 9.61. The molecule has 0 amide bonds. The van der Waals surface area contributed by atoms with Gasteiger partial charge in [0.25, 0.3) is 5.69 Å². The van der Waals surface area contributed by atoms with Gasteiger partial charge in [-0.3, -0.25) is 10.1 Å². The van der Waals surface area contributed by atoms with Crippen molar-refractivity contribution in [1.29, 1.82) is 0 Å². The molecule has 21 heavy (non-hydrogen) atoms. The van der Waals surface area contributed by atoms with Gasteiger partial charge in [-0.25, -0.2) is 0 Å². The van der Waals surface area contributed by atoms with Gasteiger partial charge in [0.1, 0.15) is 11.9 Å². The van der Waals surface area contributed by atoms with Gasteiger partial charge >= 0.3 is 0 Å². The maximum absolute atomic E-state index is 10.8. The second kappa shape index (κ2) is 6.02. The molecule has 0 radical (unpaired) electrons. The Morgan fingerprint density at radius 2 is 2.19 bits per heavy atom. The molecule has 1 saturated carbocycles. The van der Waals surface area contributed by atoms with Crippen LogP contribution in [0.2, 0.25) is 0 Å². The molecule has 5 heteroatoms. The fraction of sp³-hybridized carbons (Fsp3) is 0.625. The highest BCUT2D eigenvalue weighted by Gasteiger charge is 2.51. The van der Waals surface area contributed by atoms with E-state index in [2.05, 4.69) is 26.1 Å². The van der Waals surface area contributed by atoms with Gasteiger partial charge in [0.15, 0.2) is 0 Å². The summed E-state index contributed by atoms with van der Waals surface area (Å²) >= 11 is 0. The van der Waals surface area contributed by atoms with Crippen LogP contribution in [0.1, 0.15) is 39.2 Å². The molecule has 0 bridgehead atoms. The molecule has 0 aliphatic heterocycles. The summed E-state index contributed by atoms with van der Waals surface area (Å²) < 4.78 is 6.09. The highest BCUT2D eigenvalue weighted by molar-refractivity contribution is 5.44. The maximum atomic E-state index is 10.8. The van der Waals surface area contributed by atoms with E-state index in [4.69, 9.17) is 4.74 Å². The number of aryl methyl sites for hydroxylation is 1. The smallest absolute Gasteiger partial charge is 0.272 e. The minimum absolute atomic E-state index is 0.117. The van der Waals surface area contributed by atoms with Gasteiger partial charge in [0.2, 0.25) is 0 Å². The first kappa shape index (κ1) is 15.8. The Morgan fingerprint density at radius 1 is 1.48 bits per heavy atom. The number of nitrogens with zero attached hydrogens (tertiary/aromatic N) is 1. The third-order valence-corrected chi connectivity index (χ3v) is 4.84. The molecule has 1 aromatic rings. The molecule has 2 rings (SSSR count). The average molecular weight is 292 g/mol. The summed E-state index contributed by atoms with van der Waals surface area (Å²) in [6, 6.07) is 5.46. The quantitative estimate of drug-likeness (QED) is 0.644. The van der Waals surface area contributed by atoms with E-state index in [1.165, 1.54) is 6.07 Å². The van der Waals surface area contributed by atoms with Crippen LogP contribution in [0.5, 0.6) is 5.75 Å². The van der Waals surface area contributed by atoms with Crippen molar-refractivity contribution >= 4 is 5.69 Å². The van der Waals surface area contributed by atoms with Crippen molar-refractivity contribution in [2.75, 3.05) is 6.54 Å². The van der Waals surface area contributed by atoms with E-state index in [0.717, 1.165) is 25.1 Å². The van der Waals surface area contributed by atoms with Crippen LogP contribution in [-0.4, -0.2) is 23.6 Å². The molecule has 1 N–H and O–H groups in total. The number of ether oxygens (including phenoxy) is 1. The van der Waals surface area contributed by atoms with E-state index in [9.17, 15) is 10.1 Å². The van der Waals surface area contributed by atoms with Crippen LogP contribution >= 0.6 is 0 Å². The van der Waals surface area contributed by atoms with Gasteiger partial charge in [-0.1, -0.05) is 20.8 Å². The predicted molar refractivity (Wildman–Crippen MR) is 82.7 cm³/mol. The lowest BCUT2D eigenvalue weighted by Crippen LogP contribution is -2.63. The lowest BCUT2D eigenvalue weighted by molar-refractivity contribution is -0.385. The lowest BCUT2D eigenvalue weighted by Gasteiger charge is -2.53. The summed E-state index contributed by atoms with van der Waals surface area (Å²) in [5, 5.41) is 14.3. The van der Waals surface area contributed by atoms with Gasteiger partial charge in [-0.05, 0) is 32.0 Å². The SMILES string of the molecule is CCNC1CC(Oc2ccc([N+](=O)[O-])c(C)c2)C1(C)CC. The molecule has 1 aliphatic carbocycles. The largest absolute Gasteiger partial charge is 0.490 e. The third-order valence-electron chi connectivity index (χ3n) is 4.84. The molecule has 116 valence electrons. The van der Waals surface area contributed by atoms with Crippen molar-refractivity contribution in [3.63, 3.8) is 0 Å². The Kier molecular flexibility index (Phi) is 4.52. The zero-order valence-corrected chi connectivity index (χ0v) is 13.2. The van der Waals surface area contributed by atoms with Crippen LogP contribution in [0, 0.1) is 22.5 Å². The average Bonchev–Trinajstić information content (AvgIpc) is 2.45. The molecule has 0 heterocycles. The van der Waals surface area contributed by atoms with Crippen molar-refractivity contribution in [3.05, 3.63) is 33.9 Å². The molecule has 0 saturated heterocycles. The molecular weight excluding hydrogens is 268 g/mol. The zero-order chi connectivity index (χ0) is 15.6. The van der Waals surface area contributed by atoms with Crippen LogP contribution in [0.3, 0.4) is 0 Å². The minimum Gasteiger partial charge on any atom is -0.490 e. The second-order valence-electron chi connectivity index (χ2n) is 6.02. The highest BCUT2D eigenvalue weighted by atomic mass is 16.6. The Morgan fingerprint density at radius 3 is 2.71 bits per heavy atom. The van der Waals surface area contributed by atoms with Crippen LogP contribution < -0.4 is 10.1 Å². The van der Waals surface area contributed by atoms with Crippen LogP contribution in [-0.2, 0) is 0 Å². The first-order valence-electron chi connectivity index (χ1n) is 7.57. The van der Waals surface area contributed by atoms with E-state index in [1.807, 2.05) is 0 Å². The van der Waals surface area contributed by atoms with Crippen molar-refractivity contribution in [3.8, 4) is 5.75 Å². The van der Waals surface area contributed by atoms with E-state index < -0.39 is 0 Å². The van der Waals surface area contributed by atoms with Gasteiger partial charge in [-0.15, -0.1) is 0 Å². The van der Waals surface area contributed by atoms with Crippen molar-refractivity contribution in [2.45, 2.75) is 52.7 Å². The number of hydrogen-bond acceptors (Lipinski definition) is 4. The molecule has 1 aromatic carbocycles. The number of rotatable bonds is 6. The predicted octanol–water partition coefficient (Wildman–Crippen LogP) is 3.45. The fourth-order valence-corrected chi connectivity index (χ4v) is 3.11. The number of nitro benzene ring substituents is 1. The van der Waals surface area contributed by atoms with E-state index in [-0.39, 0.29) is 22.1 Å². The van der Waals surface area contributed by atoms with Gasteiger partial charge in [-0.2, -0.15) is 0 Å². The van der Waals surface area contributed by atoms with Crippen molar-refractivity contribution in [2.24, 2.45) is 5.41 Å². The Hall–Kier alpha value is -1.62. The summed E-state index contributed by atoms with van der Waals surface area (Å²) in [7, 11) is 0. The Bertz CT molecular complexity index is 532. The monoisotopic (exact) mass is 292 g/mol. The summed E-state index contributed by atoms with van der Waals surface area (Å²) in [6.07, 6.45) is 2.18. The van der Waals surface area contributed by atoms with E-state index in [0.29, 0.717) is 11.6 Å². The van der Waals surface area contributed by atoms with Gasteiger partial charge < -0.3 is 10.1 Å². The summed E-state index contributed by atoms with van der Waals surface area (Å²) in [6.45, 7) is 9.24. The second-order valence-corrected chi connectivity index (χ2v) is 6.02. The van der Waals surface area contributed by atoms with Crippen LogP contribution in [0.4, 0.5) is 5.69 Å². The number of nitrogens with one attached hydrogen (secondary N) is 1. The molecular formula is C16H24N2O3. The molecule has 5 nitrogen and oxygen atoms in total. The van der Waals surface area contributed by atoms with E-state index >= 15 is 0 Å². The van der Waals surface area contributed by atoms with Crippen LogP contribution in [0.25, 0.3) is 0 Å². The molecule has 3 unspecified atom stereocenters. The summed E-state index contributed by atoms with van der Waals surface area (Å²) in [5.41, 5.74) is 0.893. The molecule has 0 aromatic heterocycles. The van der Waals surface area contributed by atoms with Gasteiger partial charge in [0.05, 0.1) is 4.92 Å². The number of hydrogen-bond donors (Lipinski definition) is 1. The molecule has 1 fully saturated rings. The highest BCUT2D eigenvalue weighted by Crippen LogP contribution is 2.46. The summed E-state index contributed by atoms with van der Waals surface area (Å²) in [4.78, 5) is 10.5. The maximum Gasteiger partial charge on any atom is 0.272 e. The van der Waals surface area contributed by atoms with E-state index in [1.54, 1.807) is 19.1 Å². The number of nitro groups is 1. The first-order valence-corrected chi connectivity index (χ1v) is 7.57. The standard InChI is InChI=1S/C16H24N2O3/c1-5-16(4)14(17-6-2)10-15(16)21-12-7-8-13(18(19)20)11(3)9-12/h7-9,14-15,17H,5-6,10H2,1-4H3. The van der Waals surface area contributed by atoms with Gasteiger partial charge in [0, 0.05) is 29.5 Å². The first-order chi connectivity index (χ1) is 9.92. The molecule has 0 spiro atoms. The fourth-order valence-electron chi connectivity index (χ4n) is 3.11. The normalized spacial score (nSPS) is 28.0. The van der Waals surface area contributed by atoms with Crippen molar-refractivity contribution in [1.82, 2.24) is 5.32 Å².